The van der Waals surface area contributed by atoms with Crippen LogP contribution in [0.5, 0.6) is 5.75 Å². The number of fused-ring (bicyclic) bond motifs is 1. The average molecular weight is 472 g/mol. The Morgan fingerprint density at radius 1 is 1.15 bits per heavy atom. The van der Waals surface area contributed by atoms with E-state index in [9.17, 15) is 9.18 Å². The maximum absolute atomic E-state index is 15.3. The second-order valence-corrected chi connectivity index (χ2v) is 9.87. The molecule has 34 heavy (non-hydrogen) atoms. The lowest BCUT2D eigenvalue weighted by Crippen LogP contribution is -2.57. The molecule has 0 saturated carbocycles. The molecule has 2 saturated heterocycles. The SMILES string of the molecule is CC(C)COc1ccc(CN(C(=O)NCc2ccc(F)cc2)[C@@H]2C[C@H]3CCCN3C[C@H]2F)cc1. The number of carbonyl (C=O) groups is 1. The molecule has 0 aliphatic carbocycles. The summed E-state index contributed by atoms with van der Waals surface area (Å²) in [5.74, 6) is 0.899. The molecule has 7 heteroatoms. The van der Waals surface area contributed by atoms with Crippen molar-refractivity contribution in [2.75, 3.05) is 19.7 Å². The first kappa shape index (κ1) is 24.5. The fourth-order valence-corrected chi connectivity index (χ4v) is 4.87. The normalized spacial score (nSPS) is 22.4. The molecule has 0 spiro atoms. The molecule has 2 aromatic rings. The number of hydrogen-bond donors (Lipinski definition) is 1. The Hall–Kier alpha value is -2.67. The molecular weight excluding hydrogens is 436 g/mol. The van der Waals surface area contributed by atoms with Crippen LogP contribution in [0, 0.1) is 11.7 Å². The Morgan fingerprint density at radius 2 is 1.85 bits per heavy atom. The Bertz CT molecular complexity index is 936. The fourth-order valence-electron chi connectivity index (χ4n) is 4.87. The zero-order valence-electron chi connectivity index (χ0n) is 20.1. The summed E-state index contributed by atoms with van der Waals surface area (Å²) in [6, 6.07) is 13.3. The van der Waals surface area contributed by atoms with Gasteiger partial charge in [-0.05, 0) is 67.1 Å². The number of amides is 2. The topological polar surface area (TPSA) is 44.8 Å². The van der Waals surface area contributed by atoms with Gasteiger partial charge in [-0.1, -0.05) is 38.1 Å². The molecule has 2 fully saturated rings. The summed E-state index contributed by atoms with van der Waals surface area (Å²) < 4.78 is 34.3. The summed E-state index contributed by atoms with van der Waals surface area (Å²) in [5, 5.41) is 2.92. The average Bonchev–Trinajstić information content (AvgIpc) is 3.28. The maximum Gasteiger partial charge on any atom is 0.318 e. The first-order valence-electron chi connectivity index (χ1n) is 12.3. The summed E-state index contributed by atoms with van der Waals surface area (Å²) in [7, 11) is 0. The van der Waals surface area contributed by atoms with Crippen LogP contribution < -0.4 is 10.1 Å². The zero-order valence-corrected chi connectivity index (χ0v) is 20.1. The molecule has 2 aliphatic rings. The molecule has 4 rings (SSSR count). The van der Waals surface area contributed by atoms with Crippen molar-refractivity contribution in [1.82, 2.24) is 15.1 Å². The predicted molar refractivity (Wildman–Crippen MR) is 129 cm³/mol. The van der Waals surface area contributed by atoms with Gasteiger partial charge in [0.1, 0.15) is 17.7 Å². The van der Waals surface area contributed by atoms with Crippen molar-refractivity contribution in [1.29, 1.82) is 0 Å². The van der Waals surface area contributed by atoms with Crippen LogP contribution >= 0.6 is 0 Å². The highest BCUT2D eigenvalue weighted by Gasteiger charge is 2.42. The van der Waals surface area contributed by atoms with E-state index in [1.807, 2.05) is 24.3 Å². The highest BCUT2D eigenvalue weighted by atomic mass is 19.1. The summed E-state index contributed by atoms with van der Waals surface area (Å²) in [6.07, 6.45) is 1.68. The first-order chi connectivity index (χ1) is 16.4. The van der Waals surface area contributed by atoms with E-state index in [1.54, 1.807) is 17.0 Å². The molecule has 2 aliphatic heterocycles. The lowest BCUT2D eigenvalue weighted by molar-refractivity contribution is 0.0311. The smallest absolute Gasteiger partial charge is 0.318 e. The van der Waals surface area contributed by atoms with Crippen molar-refractivity contribution in [3.05, 3.63) is 65.5 Å². The van der Waals surface area contributed by atoms with Gasteiger partial charge in [-0.2, -0.15) is 0 Å². The second-order valence-electron chi connectivity index (χ2n) is 9.87. The molecule has 0 radical (unpaired) electrons. The molecule has 0 unspecified atom stereocenters. The Morgan fingerprint density at radius 3 is 2.56 bits per heavy atom. The number of nitrogens with zero attached hydrogens (tertiary/aromatic N) is 2. The number of benzene rings is 2. The quantitative estimate of drug-likeness (QED) is 0.579. The molecule has 2 amide bonds. The number of piperidine rings is 1. The molecule has 1 N–H and O–H groups in total. The van der Waals surface area contributed by atoms with E-state index in [0.29, 0.717) is 38.1 Å². The molecule has 3 atom stereocenters. The summed E-state index contributed by atoms with van der Waals surface area (Å²) in [5.41, 5.74) is 1.72. The number of nitrogens with one attached hydrogen (secondary N) is 1. The van der Waals surface area contributed by atoms with Gasteiger partial charge in [-0.25, -0.2) is 13.6 Å². The summed E-state index contributed by atoms with van der Waals surface area (Å²) in [4.78, 5) is 17.2. The van der Waals surface area contributed by atoms with Crippen LogP contribution in [0.3, 0.4) is 0 Å². The number of alkyl halides is 1. The lowest BCUT2D eigenvalue weighted by Gasteiger charge is -2.42. The van der Waals surface area contributed by atoms with Crippen LogP contribution in [0.2, 0.25) is 0 Å². The fraction of sp³-hybridized carbons (Fsp3) is 0.519. The second kappa shape index (κ2) is 11.2. The van der Waals surface area contributed by atoms with Crippen molar-refractivity contribution in [2.24, 2.45) is 5.92 Å². The minimum atomic E-state index is -1.10. The number of carbonyl (C=O) groups excluding carboxylic acids is 1. The lowest BCUT2D eigenvalue weighted by atomic mass is 9.94. The van der Waals surface area contributed by atoms with E-state index < -0.39 is 12.2 Å². The van der Waals surface area contributed by atoms with Gasteiger partial charge in [0.2, 0.25) is 0 Å². The minimum absolute atomic E-state index is 0.261. The summed E-state index contributed by atoms with van der Waals surface area (Å²) >= 11 is 0. The monoisotopic (exact) mass is 471 g/mol. The number of hydrogen-bond acceptors (Lipinski definition) is 3. The third kappa shape index (κ3) is 6.26. The van der Waals surface area contributed by atoms with E-state index in [0.717, 1.165) is 36.3 Å². The van der Waals surface area contributed by atoms with Crippen molar-refractivity contribution in [3.63, 3.8) is 0 Å². The van der Waals surface area contributed by atoms with Crippen LogP contribution in [0.15, 0.2) is 48.5 Å². The van der Waals surface area contributed by atoms with Crippen LogP contribution in [0.1, 0.15) is 44.2 Å². The van der Waals surface area contributed by atoms with Crippen LogP contribution in [-0.2, 0) is 13.1 Å². The maximum atomic E-state index is 15.3. The standard InChI is InChI=1S/C27H35F2N3O2/c1-19(2)18-34-24-11-7-21(8-12-24)16-32(26-14-23-4-3-13-31(23)17-25(26)29)27(33)30-15-20-5-9-22(28)10-6-20/h5-12,19,23,25-26H,3-4,13-18H2,1-2H3,(H,30,33)/t23-,25-,26-/m1/s1. The highest BCUT2D eigenvalue weighted by molar-refractivity contribution is 5.74. The molecule has 184 valence electrons. The highest BCUT2D eigenvalue weighted by Crippen LogP contribution is 2.32. The Labute approximate surface area is 201 Å². The number of halogens is 2. The minimum Gasteiger partial charge on any atom is -0.493 e. The molecule has 0 bridgehead atoms. The van der Waals surface area contributed by atoms with Gasteiger partial charge in [0.05, 0.1) is 12.6 Å². The van der Waals surface area contributed by atoms with Crippen LogP contribution in [-0.4, -0.2) is 53.8 Å². The molecule has 5 nitrogen and oxygen atoms in total. The largest absolute Gasteiger partial charge is 0.493 e. The van der Waals surface area contributed by atoms with Gasteiger partial charge in [-0.3, -0.25) is 4.90 Å². The Kier molecular flexibility index (Phi) is 8.03. The van der Waals surface area contributed by atoms with Gasteiger partial charge in [0, 0.05) is 25.7 Å². The van der Waals surface area contributed by atoms with Gasteiger partial charge in [-0.15, -0.1) is 0 Å². The molecule has 2 aromatic carbocycles. The molecule has 2 heterocycles. The zero-order chi connectivity index (χ0) is 24.1. The Balaban J connectivity index is 1.47. The number of ether oxygens (including phenoxy) is 1. The molecular formula is C27H35F2N3O2. The van der Waals surface area contributed by atoms with E-state index in [-0.39, 0.29) is 18.4 Å². The first-order valence-corrected chi connectivity index (χ1v) is 12.3. The van der Waals surface area contributed by atoms with Gasteiger partial charge >= 0.3 is 6.03 Å². The van der Waals surface area contributed by atoms with E-state index in [2.05, 4.69) is 24.1 Å². The summed E-state index contributed by atoms with van der Waals surface area (Å²) in [6.45, 7) is 6.72. The number of urea groups is 1. The van der Waals surface area contributed by atoms with Gasteiger partial charge in [0.25, 0.3) is 0 Å². The van der Waals surface area contributed by atoms with Crippen molar-refractivity contribution < 1.29 is 18.3 Å². The van der Waals surface area contributed by atoms with E-state index in [1.165, 1.54) is 12.1 Å². The van der Waals surface area contributed by atoms with Gasteiger partial charge < -0.3 is 15.0 Å². The van der Waals surface area contributed by atoms with Crippen LogP contribution in [0.4, 0.5) is 13.6 Å². The van der Waals surface area contributed by atoms with Crippen molar-refractivity contribution in [3.8, 4) is 5.75 Å². The molecule has 0 aromatic heterocycles. The van der Waals surface area contributed by atoms with E-state index >= 15 is 4.39 Å². The third-order valence-electron chi connectivity index (χ3n) is 6.72. The predicted octanol–water partition coefficient (Wildman–Crippen LogP) is 5.15. The van der Waals surface area contributed by atoms with Crippen LogP contribution in [0.25, 0.3) is 0 Å². The van der Waals surface area contributed by atoms with Gasteiger partial charge in [0.15, 0.2) is 0 Å². The van der Waals surface area contributed by atoms with E-state index in [4.69, 9.17) is 4.74 Å². The van der Waals surface area contributed by atoms with Crippen molar-refractivity contribution in [2.45, 2.75) is 64.5 Å². The number of rotatable bonds is 8. The van der Waals surface area contributed by atoms with Crippen molar-refractivity contribution >= 4 is 6.03 Å². The third-order valence-corrected chi connectivity index (χ3v) is 6.72.